The van der Waals surface area contributed by atoms with Crippen LogP contribution in [0.25, 0.3) is 0 Å². The van der Waals surface area contributed by atoms with Crippen molar-refractivity contribution in [3.63, 3.8) is 0 Å². The zero-order valence-corrected chi connectivity index (χ0v) is 14.5. The Morgan fingerprint density at radius 3 is 2.53 bits per heavy atom. The van der Waals surface area contributed by atoms with Gasteiger partial charge in [-0.1, -0.05) is 46.2 Å². The number of nitrogens with one attached hydrogen (secondary N) is 1. The highest BCUT2D eigenvalue weighted by molar-refractivity contribution is 7.10. The van der Waals surface area contributed by atoms with Gasteiger partial charge >= 0.3 is 0 Å². The van der Waals surface area contributed by atoms with Gasteiger partial charge in [0.25, 0.3) is 0 Å². The molecule has 2 atom stereocenters. The van der Waals surface area contributed by atoms with Gasteiger partial charge in [-0.3, -0.25) is 0 Å². The summed E-state index contributed by atoms with van der Waals surface area (Å²) in [5, 5.41) is 6.66. The molecule has 1 heterocycles. The van der Waals surface area contributed by atoms with E-state index in [1.807, 2.05) is 6.07 Å². The lowest BCUT2D eigenvalue weighted by Gasteiger charge is -2.27. The van der Waals surface area contributed by atoms with Crippen LogP contribution in [-0.2, 0) is 0 Å². The number of halogens is 1. The maximum Gasteiger partial charge on any atom is 0.0561 e. The molecule has 1 nitrogen and oxygen atoms in total. The lowest BCUT2D eigenvalue weighted by atomic mass is 9.82. The summed E-state index contributed by atoms with van der Waals surface area (Å²) in [6.45, 7) is 12.6. The summed E-state index contributed by atoms with van der Waals surface area (Å²) in [7, 11) is 0. The Morgan fingerprint density at radius 2 is 2.05 bits per heavy atom. The SMILES string of the molecule is CCCNC(CC(C)CC(C)(C)C)c1sccc1Cl. The average molecular weight is 302 g/mol. The average Bonchev–Trinajstić information content (AvgIpc) is 2.68. The fraction of sp³-hybridized carbons (Fsp3) is 0.750. The van der Waals surface area contributed by atoms with Crippen LogP contribution in [0.3, 0.4) is 0 Å². The van der Waals surface area contributed by atoms with Crippen LogP contribution in [0.15, 0.2) is 11.4 Å². The van der Waals surface area contributed by atoms with Gasteiger partial charge in [-0.2, -0.15) is 0 Å². The first-order chi connectivity index (χ1) is 8.83. The number of rotatable bonds is 7. The molecule has 0 spiro atoms. The second kappa shape index (κ2) is 7.66. The molecular formula is C16H28ClNS. The van der Waals surface area contributed by atoms with Crippen LogP contribution >= 0.6 is 22.9 Å². The van der Waals surface area contributed by atoms with Crippen LogP contribution in [0.1, 0.15) is 64.8 Å². The van der Waals surface area contributed by atoms with Crippen LogP contribution in [0.2, 0.25) is 5.02 Å². The monoisotopic (exact) mass is 301 g/mol. The molecule has 2 unspecified atom stereocenters. The Kier molecular flexibility index (Phi) is 6.85. The highest BCUT2D eigenvalue weighted by Gasteiger charge is 2.22. The molecule has 0 aromatic carbocycles. The topological polar surface area (TPSA) is 12.0 Å². The molecule has 19 heavy (non-hydrogen) atoms. The summed E-state index contributed by atoms with van der Waals surface area (Å²) >= 11 is 8.07. The van der Waals surface area contributed by atoms with E-state index < -0.39 is 0 Å². The Morgan fingerprint density at radius 1 is 1.37 bits per heavy atom. The Bertz CT molecular complexity index is 367. The van der Waals surface area contributed by atoms with Gasteiger partial charge in [0.05, 0.1) is 5.02 Å². The first-order valence-electron chi connectivity index (χ1n) is 7.29. The molecule has 1 N–H and O–H groups in total. The van der Waals surface area contributed by atoms with Gasteiger partial charge in [-0.05, 0) is 48.6 Å². The van der Waals surface area contributed by atoms with Gasteiger partial charge in [0.1, 0.15) is 0 Å². The highest BCUT2D eigenvalue weighted by Crippen LogP contribution is 2.35. The van der Waals surface area contributed by atoms with Crippen molar-refractivity contribution in [2.24, 2.45) is 11.3 Å². The predicted molar refractivity (Wildman–Crippen MR) is 88.2 cm³/mol. The molecule has 0 amide bonds. The van der Waals surface area contributed by atoms with Gasteiger partial charge in [-0.15, -0.1) is 11.3 Å². The quantitative estimate of drug-likeness (QED) is 0.660. The molecule has 0 aliphatic rings. The summed E-state index contributed by atoms with van der Waals surface area (Å²) in [5.74, 6) is 0.701. The summed E-state index contributed by atoms with van der Waals surface area (Å²) in [5.41, 5.74) is 0.397. The van der Waals surface area contributed by atoms with Gasteiger partial charge in [0.2, 0.25) is 0 Å². The number of hydrogen-bond donors (Lipinski definition) is 1. The maximum absolute atomic E-state index is 6.30. The molecule has 0 fully saturated rings. The maximum atomic E-state index is 6.30. The molecule has 3 heteroatoms. The summed E-state index contributed by atoms with van der Waals surface area (Å²) in [6.07, 6.45) is 3.57. The third-order valence-corrected chi connectivity index (χ3v) is 4.67. The Labute approximate surface area is 127 Å². The van der Waals surface area contributed by atoms with Crippen molar-refractivity contribution in [3.8, 4) is 0 Å². The molecule has 0 radical (unpaired) electrons. The van der Waals surface area contributed by atoms with E-state index in [2.05, 4.69) is 45.3 Å². The van der Waals surface area contributed by atoms with E-state index >= 15 is 0 Å². The third-order valence-electron chi connectivity index (χ3n) is 3.20. The van der Waals surface area contributed by atoms with Crippen molar-refractivity contribution in [2.75, 3.05) is 6.54 Å². The van der Waals surface area contributed by atoms with Crippen molar-refractivity contribution in [2.45, 2.75) is 59.9 Å². The van der Waals surface area contributed by atoms with E-state index in [1.165, 1.54) is 11.3 Å². The van der Waals surface area contributed by atoms with Crippen molar-refractivity contribution in [1.82, 2.24) is 5.32 Å². The predicted octanol–water partition coefficient (Wildman–Crippen LogP) is 5.90. The van der Waals surface area contributed by atoms with Crippen LogP contribution in [-0.4, -0.2) is 6.54 Å². The summed E-state index contributed by atoms with van der Waals surface area (Å²) in [4.78, 5) is 1.30. The van der Waals surface area contributed by atoms with Gasteiger partial charge in [0.15, 0.2) is 0 Å². The second-order valence-electron chi connectivity index (χ2n) is 6.75. The lowest BCUT2D eigenvalue weighted by Crippen LogP contribution is -2.24. The van der Waals surface area contributed by atoms with Crippen molar-refractivity contribution >= 4 is 22.9 Å². The molecule has 0 aliphatic carbocycles. The van der Waals surface area contributed by atoms with Crippen molar-refractivity contribution in [3.05, 3.63) is 21.3 Å². The van der Waals surface area contributed by atoms with Gasteiger partial charge in [-0.25, -0.2) is 0 Å². The molecule has 1 aromatic heterocycles. The molecule has 0 saturated carbocycles. The fourth-order valence-electron chi connectivity index (χ4n) is 2.69. The minimum absolute atomic E-state index is 0.397. The van der Waals surface area contributed by atoms with E-state index in [0.29, 0.717) is 17.4 Å². The van der Waals surface area contributed by atoms with Crippen LogP contribution in [0.4, 0.5) is 0 Å². The molecule has 0 bridgehead atoms. The minimum Gasteiger partial charge on any atom is -0.309 e. The van der Waals surface area contributed by atoms with E-state index in [0.717, 1.165) is 24.4 Å². The Balaban J connectivity index is 2.67. The third kappa shape index (κ3) is 6.29. The molecule has 0 saturated heterocycles. The first kappa shape index (κ1) is 17.0. The van der Waals surface area contributed by atoms with Gasteiger partial charge in [0, 0.05) is 10.9 Å². The number of hydrogen-bond acceptors (Lipinski definition) is 2. The second-order valence-corrected chi connectivity index (χ2v) is 8.10. The number of thiophene rings is 1. The molecule has 1 aromatic rings. The first-order valence-corrected chi connectivity index (χ1v) is 8.55. The minimum atomic E-state index is 0.397. The fourth-order valence-corrected chi connectivity index (χ4v) is 3.97. The van der Waals surface area contributed by atoms with Gasteiger partial charge < -0.3 is 5.32 Å². The van der Waals surface area contributed by atoms with Crippen LogP contribution in [0, 0.1) is 11.3 Å². The van der Waals surface area contributed by atoms with E-state index in [9.17, 15) is 0 Å². The van der Waals surface area contributed by atoms with E-state index in [1.54, 1.807) is 11.3 Å². The van der Waals surface area contributed by atoms with Crippen LogP contribution in [0.5, 0.6) is 0 Å². The van der Waals surface area contributed by atoms with E-state index in [-0.39, 0.29) is 0 Å². The zero-order valence-electron chi connectivity index (χ0n) is 12.9. The Hall–Kier alpha value is -0.0500. The normalized spacial score (nSPS) is 15.5. The highest BCUT2D eigenvalue weighted by atomic mass is 35.5. The molecular weight excluding hydrogens is 274 g/mol. The standard InChI is InChI=1S/C16H28ClNS/c1-6-8-18-14(15-13(17)7-9-19-15)10-12(2)11-16(3,4)5/h7,9,12,14,18H,6,8,10-11H2,1-5H3. The van der Waals surface area contributed by atoms with E-state index in [4.69, 9.17) is 11.6 Å². The summed E-state index contributed by atoms with van der Waals surface area (Å²) < 4.78 is 0. The van der Waals surface area contributed by atoms with Crippen molar-refractivity contribution in [1.29, 1.82) is 0 Å². The summed E-state index contributed by atoms with van der Waals surface area (Å²) in [6, 6.07) is 2.42. The molecule has 110 valence electrons. The molecule has 0 aliphatic heterocycles. The lowest BCUT2D eigenvalue weighted by molar-refractivity contribution is 0.277. The van der Waals surface area contributed by atoms with Crippen LogP contribution < -0.4 is 5.32 Å². The smallest absolute Gasteiger partial charge is 0.0561 e. The zero-order chi connectivity index (χ0) is 14.5. The largest absolute Gasteiger partial charge is 0.309 e. The van der Waals surface area contributed by atoms with Crippen molar-refractivity contribution < 1.29 is 0 Å². The molecule has 1 rings (SSSR count).